The van der Waals surface area contributed by atoms with Crippen LogP contribution in [0.5, 0.6) is 0 Å². The highest BCUT2D eigenvalue weighted by molar-refractivity contribution is 5.56. The molecule has 0 saturated heterocycles. The second-order valence-corrected chi connectivity index (χ2v) is 4.23. The Morgan fingerprint density at radius 3 is 2.50 bits per heavy atom. The number of hydrogen-bond donors (Lipinski definition) is 1. The number of nitrogens with zero attached hydrogens (tertiary/aromatic N) is 3. The number of anilines is 1. The van der Waals surface area contributed by atoms with E-state index in [4.69, 9.17) is 0 Å². The highest BCUT2D eigenvalue weighted by Crippen LogP contribution is 2.21. The minimum Gasteiger partial charge on any atom is -0.373 e. The van der Waals surface area contributed by atoms with Gasteiger partial charge in [-0.3, -0.25) is 0 Å². The van der Waals surface area contributed by atoms with Crippen LogP contribution in [0.15, 0.2) is 18.2 Å². The second kappa shape index (κ2) is 5.12. The summed E-state index contributed by atoms with van der Waals surface area (Å²) in [7, 11) is 1.88. The molecular weight excluding hydrogens is 224 g/mol. The zero-order valence-electron chi connectivity index (χ0n) is 11.3. The van der Waals surface area contributed by atoms with E-state index in [-0.39, 0.29) is 0 Å². The molecule has 18 heavy (non-hydrogen) atoms. The molecule has 0 aliphatic heterocycles. The molecular formula is C14H18N4. The molecule has 0 unspecified atom stereocenters. The molecule has 1 N–H and O–H groups in total. The van der Waals surface area contributed by atoms with Crippen LogP contribution in [0.1, 0.15) is 23.9 Å². The smallest absolute Gasteiger partial charge is 0.180 e. The molecule has 0 radical (unpaired) electrons. The topological polar surface area (TPSA) is 50.7 Å². The molecule has 94 valence electrons. The Morgan fingerprint density at radius 1 is 1.11 bits per heavy atom. The molecule has 0 atom stereocenters. The van der Waals surface area contributed by atoms with Crippen molar-refractivity contribution in [3.8, 4) is 11.5 Å². The Hall–Kier alpha value is -1.97. The van der Waals surface area contributed by atoms with Crippen LogP contribution in [-0.4, -0.2) is 22.0 Å². The Balaban J connectivity index is 2.56. The van der Waals surface area contributed by atoms with Crippen molar-refractivity contribution >= 4 is 5.82 Å². The molecule has 0 aliphatic carbocycles. The minimum atomic E-state index is 0.678. The van der Waals surface area contributed by atoms with Gasteiger partial charge in [0.25, 0.3) is 0 Å². The molecule has 0 bridgehead atoms. The average Bonchev–Trinajstić information content (AvgIpc) is 2.37. The Kier molecular flexibility index (Phi) is 3.55. The van der Waals surface area contributed by atoms with E-state index >= 15 is 0 Å². The van der Waals surface area contributed by atoms with Crippen molar-refractivity contribution in [3.63, 3.8) is 0 Å². The first-order valence-corrected chi connectivity index (χ1v) is 6.15. The van der Waals surface area contributed by atoms with Gasteiger partial charge in [0, 0.05) is 24.0 Å². The third-order valence-electron chi connectivity index (χ3n) is 2.92. The van der Waals surface area contributed by atoms with Gasteiger partial charge in [-0.1, -0.05) is 13.0 Å². The standard InChI is InChI=1S/C14H18N4/c1-5-11-10(3)17-14(18-13(11)15-4)12-8-6-7-9(2)16-12/h6-8H,5H2,1-4H3,(H,15,17,18). The van der Waals surface area contributed by atoms with Crippen LogP contribution in [-0.2, 0) is 6.42 Å². The van der Waals surface area contributed by atoms with Crippen LogP contribution in [0.2, 0.25) is 0 Å². The summed E-state index contributed by atoms with van der Waals surface area (Å²) >= 11 is 0. The van der Waals surface area contributed by atoms with Crippen LogP contribution >= 0.6 is 0 Å². The molecule has 0 spiro atoms. The molecule has 2 aromatic rings. The van der Waals surface area contributed by atoms with Gasteiger partial charge >= 0.3 is 0 Å². The summed E-state index contributed by atoms with van der Waals surface area (Å²) in [5.41, 5.74) is 3.96. The maximum atomic E-state index is 4.55. The number of pyridine rings is 1. The fourth-order valence-corrected chi connectivity index (χ4v) is 2.01. The van der Waals surface area contributed by atoms with Crippen molar-refractivity contribution < 1.29 is 0 Å². The fraction of sp³-hybridized carbons (Fsp3) is 0.357. The molecule has 2 aromatic heterocycles. The monoisotopic (exact) mass is 242 g/mol. The van der Waals surface area contributed by atoms with Gasteiger partial charge in [-0.05, 0) is 32.4 Å². The number of nitrogens with one attached hydrogen (secondary N) is 1. The van der Waals surface area contributed by atoms with Gasteiger partial charge < -0.3 is 5.32 Å². The number of aromatic nitrogens is 3. The molecule has 0 aliphatic rings. The van der Waals surface area contributed by atoms with Crippen LogP contribution in [0.3, 0.4) is 0 Å². The third kappa shape index (κ3) is 2.32. The van der Waals surface area contributed by atoms with E-state index in [1.165, 1.54) is 0 Å². The maximum absolute atomic E-state index is 4.55. The first-order chi connectivity index (χ1) is 8.65. The van der Waals surface area contributed by atoms with E-state index in [1.54, 1.807) is 0 Å². The molecule has 0 aromatic carbocycles. The van der Waals surface area contributed by atoms with Gasteiger partial charge in [0.1, 0.15) is 11.5 Å². The van der Waals surface area contributed by atoms with Gasteiger partial charge in [0.15, 0.2) is 5.82 Å². The quantitative estimate of drug-likeness (QED) is 0.899. The Morgan fingerprint density at radius 2 is 1.89 bits per heavy atom. The summed E-state index contributed by atoms with van der Waals surface area (Å²) in [6, 6.07) is 5.88. The lowest BCUT2D eigenvalue weighted by molar-refractivity contribution is 0.993. The van der Waals surface area contributed by atoms with Crippen molar-refractivity contribution in [2.45, 2.75) is 27.2 Å². The lowest BCUT2D eigenvalue weighted by atomic mass is 10.1. The van der Waals surface area contributed by atoms with Crippen molar-refractivity contribution in [2.24, 2.45) is 0 Å². The Bertz CT molecular complexity index is 564. The largest absolute Gasteiger partial charge is 0.373 e. The van der Waals surface area contributed by atoms with E-state index in [2.05, 4.69) is 27.2 Å². The number of rotatable bonds is 3. The number of hydrogen-bond acceptors (Lipinski definition) is 4. The SMILES string of the molecule is CCc1c(C)nc(-c2cccc(C)n2)nc1NC. The maximum Gasteiger partial charge on any atom is 0.180 e. The van der Waals surface area contributed by atoms with Crippen molar-refractivity contribution in [2.75, 3.05) is 12.4 Å². The normalized spacial score (nSPS) is 10.4. The van der Waals surface area contributed by atoms with E-state index < -0.39 is 0 Å². The van der Waals surface area contributed by atoms with E-state index in [1.807, 2.05) is 39.1 Å². The predicted octanol–water partition coefficient (Wildman–Crippen LogP) is 2.76. The first kappa shape index (κ1) is 12.5. The lowest BCUT2D eigenvalue weighted by Crippen LogP contribution is -2.05. The van der Waals surface area contributed by atoms with Crippen LogP contribution < -0.4 is 5.32 Å². The molecule has 4 heteroatoms. The van der Waals surface area contributed by atoms with Gasteiger partial charge in [0.2, 0.25) is 0 Å². The first-order valence-electron chi connectivity index (χ1n) is 6.15. The molecule has 0 fully saturated rings. The van der Waals surface area contributed by atoms with Crippen LogP contribution in [0.25, 0.3) is 11.5 Å². The van der Waals surface area contributed by atoms with Gasteiger partial charge in [0.05, 0.1) is 0 Å². The highest BCUT2D eigenvalue weighted by atomic mass is 15.0. The van der Waals surface area contributed by atoms with E-state index in [0.29, 0.717) is 5.82 Å². The van der Waals surface area contributed by atoms with E-state index in [9.17, 15) is 0 Å². The van der Waals surface area contributed by atoms with Crippen LogP contribution in [0, 0.1) is 13.8 Å². The zero-order chi connectivity index (χ0) is 13.1. The number of aryl methyl sites for hydroxylation is 2. The fourth-order valence-electron chi connectivity index (χ4n) is 2.01. The summed E-state index contributed by atoms with van der Waals surface area (Å²) in [5.74, 6) is 1.57. The summed E-state index contributed by atoms with van der Waals surface area (Å²) in [6.45, 7) is 6.09. The van der Waals surface area contributed by atoms with E-state index in [0.717, 1.165) is 34.9 Å². The molecule has 0 saturated carbocycles. The minimum absolute atomic E-state index is 0.678. The summed E-state index contributed by atoms with van der Waals surface area (Å²) < 4.78 is 0. The third-order valence-corrected chi connectivity index (χ3v) is 2.92. The molecule has 2 rings (SSSR count). The van der Waals surface area contributed by atoms with Crippen molar-refractivity contribution in [3.05, 3.63) is 35.2 Å². The average molecular weight is 242 g/mol. The second-order valence-electron chi connectivity index (χ2n) is 4.23. The van der Waals surface area contributed by atoms with Gasteiger partial charge in [-0.25, -0.2) is 15.0 Å². The molecule has 2 heterocycles. The van der Waals surface area contributed by atoms with Crippen molar-refractivity contribution in [1.29, 1.82) is 0 Å². The predicted molar refractivity (Wildman–Crippen MR) is 73.7 cm³/mol. The zero-order valence-corrected chi connectivity index (χ0v) is 11.3. The Labute approximate surface area is 108 Å². The summed E-state index contributed by atoms with van der Waals surface area (Å²) in [4.78, 5) is 13.6. The molecule has 4 nitrogen and oxygen atoms in total. The van der Waals surface area contributed by atoms with Gasteiger partial charge in [-0.2, -0.15) is 0 Å². The van der Waals surface area contributed by atoms with Crippen LogP contribution in [0.4, 0.5) is 5.82 Å². The van der Waals surface area contributed by atoms with Crippen molar-refractivity contribution in [1.82, 2.24) is 15.0 Å². The summed E-state index contributed by atoms with van der Waals surface area (Å²) in [5, 5.41) is 3.13. The highest BCUT2D eigenvalue weighted by Gasteiger charge is 2.11. The molecule has 0 amide bonds. The lowest BCUT2D eigenvalue weighted by Gasteiger charge is -2.11. The summed E-state index contributed by atoms with van der Waals surface area (Å²) in [6.07, 6.45) is 0.920. The van der Waals surface area contributed by atoms with Gasteiger partial charge in [-0.15, -0.1) is 0 Å².